The van der Waals surface area contributed by atoms with E-state index in [2.05, 4.69) is 19.2 Å². The van der Waals surface area contributed by atoms with Crippen LogP contribution in [-0.2, 0) is 0 Å². The lowest BCUT2D eigenvalue weighted by Crippen LogP contribution is -2.15. The van der Waals surface area contributed by atoms with Gasteiger partial charge in [-0.3, -0.25) is 0 Å². The Morgan fingerprint density at radius 3 is 2.81 bits per heavy atom. The van der Waals surface area contributed by atoms with Crippen molar-refractivity contribution in [1.29, 1.82) is 0 Å². The van der Waals surface area contributed by atoms with Gasteiger partial charge in [-0.05, 0) is 38.3 Å². The van der Waals surface area contributed by atoms with Gasteiger partial charge in [-0.2, -0.15) is 0 Å². The van der Waals surface area contributed by atoms with Crippen LogP contribution < -0.4 is 15.8 Å². The molecule has 1 saturated carbocycles. The topological polar surface area (TPSA) is 47.3 Å². The van der Waals surface area contributed by atoms with E-state index in [1.165, 1.54) is 12.8 Å². The highest BCUT2D eigenvalue weighted by atomic mass is 16.5. The Morgan fingerprint density at radius 1 is 1.44 bits per heavy atom. The van der Waals surface area contributed by atoms with E-state index in [4.69, 9.17) is 10.5 Å². The summed E-state index contributed by atoms with van der Waals surface area (Å²) in [5.41, 5.74) is 7.95. The molecule has 2 rings (SSSR count). The van der Waals surface area contributed by atoms with Crippen LogP contribution >= 0.6 is 0 Å². The maximum Gasteiger partial charge on any atom is 0.144 e. The van der Waals surface area contributed by atoms with Gasteiger partial charge in [-0.25, -0.2) is 0 Å². The Kier molecular flexibility index (Phi) is 2.95. The van der Waals surface area contributed by atoms with Crippen molar-refractivity contribution in [3.63, 3.8) is 0 Å². The molecule has 1 fully saturated rings. The summed E-state index contributed by atoms with van der Waals surface area (Å²) in [7, 11) is 0. The summed E-state index contributed by atoms with van der Waals surface area (Å²) in [5.74, 6) is 0.788. The van der Waals surface area contributed by atoms with E-state index in [0.29, 0.717) is 12.3 Å². The number of nitrogens with one attached hydrogen (secondary N) is 1. The van der Waals surface area contributed by atoms with Crippen molar-refractivity contribution in [3.05, 3.63) is 18.2 Å². The molecule has 0 unspecified atom stereocenters. The molecule has 1 aliphatic rings. The first-order valence-corrected chi connectivity index (χ1v) is 5.93. The number of rotatable bonds is 5. The van der Waals surface area contributed by atoms with Crippen molar-refractivity contribution in [2.45, 2.75) is 38.6 Å². The fourth-order valence-electron chi connectivity index (χ4n) is 1.61. The molecule has 0 amide bonds. The second-order valence-electron chi connectivity index (χ2n) is 4.79. The van der Waals surface area contributed by atoms with Gasteiger partial charge in [-0.1, -0.05) is 6.92 Å². The van der Waals surface area contributed by atoms with Gasteiger partial charge in [0.15, 0.2) is 0 Å². The molecule has 16 heavy (non-hydrogen) atoms. The van der Waals surface area contributed by atoms with Crippen LogP contribution in [0.5, 0.6) is 5.75 Å². The average Bonchev–Trinajstić information content (AvgIpc) is 2.97. The van der Waals surface area contributed by atoms with Crippen molar-refractivity contribution >= 4 is 11.4 Å². The maximum absolute atomic E-state index is 5.86. The predicted octanol–water partition coefficient (Wildman–Crippen LogP) is 3.02. The van der Waals surface area contributed by atoms with Crippen molar-refractivity contribution in [1.82, 2.24) is 0 Å². The van der Waals surface area contributed by atoms with Crippen molar-refractivity contribution < 1.29 is 4.74 Å². The highest BCUT2D eigenvalue weighted by molar-refractivity contribution is 5.62. The van der Waals surface area contributed by atoms with Crippen molar-refractivity contribution in [3.8, 4) is 5.75 Å². The summed E-state index contributed by atoms with van der Waals surface area (Å²) in [4.78, 5) is 0. The Morgan fingerprint density at radius 2 is 2.19 bits per heavy atom. The molecule has 3 N–H and O–H groups in total. The van der Waals surface area contributed by atoms with Gasteiger partial charge in [-0.15, -0.1) is 0 Å². The first kappa shape index (κ1) is 11.1. The minimum atomic E-state index is 0.290. The third kappa shape index (κ3) is 2.60. The molecule has 0 heterocycles. The smallest absolute Gasteiger partial charge is 0.144 e. The number of benzene rings is 1. The number of nitrogens with two attached hydrogens (primary N) is 1. The Labute approximate surface area is 97.0 Å². The van der Waals surface area contributed by atoms with Gasteiger partial charge in [0, 0.05) is 17.3 Å². The Bertz CT molecular complexity index is 372. The van der Waals surface area contributed by atoms with Gasteiger partial charge in [0.2, 0.25) is 0 Å². The number of nitrogen functional groups attached to an aromatic ring is 1. The van der Waals surface area contributed by atoms with Gasteiger partial charge in [0.25, 0.3) is 0 Å². The fraction of sp³-hybridized carbons (Fsp3) is 0.538. The predicted molar refractivity (Wildman–Crippen MR) is 67.9 cm³/mol. The number of anilines is 2. The number of hydrogen-bond donors (Lipinski definition) is 2. The molecule has 3 nitrogen and oxygen atoms in total. The Balaban J connectivity index is 2.08. The molecule has 0 aliphatic heterocycles. The molecular weight excluding hydrogens is 200 g/mol. The molecule has 0 aromatic heterocycles. The SMILES string of the molecule is CCCOc1cc(NC2(C)CC2)ccc1N. The summed E-state index contributed by atoms with van der Waals surface area (Å²) in [6.45, 7) is 5.03. The molecule has 3 heteroatoms. The van der Waals surface area contributed by atoms with Gasteiger partial charge < -0.3 is 15.8 Å². The van der Waals surface area contributed by atoms with Gasteiger partial charge >= 0.3 is 0 Å². The van der Waals surface area contributed by atoms with E-state index in [1.807, 2.05) is 18.2 Å². The molecule has 88 valence electrons. The first-order chi connectivity index (χ1) is 7.63. The third-order valence-electron chi connectivity index (χ3n) is 2.92. The maximum atomic E-state index is 5.86. The monoisotopic (exact) mass is 220 g/mol. The van der Waals surface area contributed by atoms with Crippen LogP contribution in [0.15, 0.2) is 18.2 Å². The molecular formula is C13H20N2O. The zero-order valence-corrected chi connectivity index (χ0v) is 10.0. The van der Waals surface area contributed by atoms with Crippen molar-refractivity contribution in [2.75, 3.05) is 17.7 Å². The standard InChI is InChI=1S/C13H20N2O/c1-3-8-16-12-9-10(4-5-11(12)14)15-13(2)6-7-13/h4-5,9,15H,3,6-8,14H2,1-2H3. The van der Waals surface area contributed by atoms with Crippen LogP contribution in [0.25, 0.3) is 0 Å². The molecule has 0 atom stereocenters. The lowest BCUT2D eigenvalue weighted by atomic mass is 10.2. The summed E-state index contributed by atoms with van der Waals surface area (Å²) >= 11 is 0. The summed E-state index contributed by atoms with van der Waals surface area (Å²) in [5, 5.41) is 3.50. The molecule has 0 radical (unpaired) electrons. The minimum Gasteiger partial charge on any atom is -0.491 e. The number of ether oxygens (including phenoxy) is 1. The van der Waals surface area contributed by atoms with Gasteiger partial charge in [0.05, 0.1) is 12.3 Å². The van der Waals surface area contributed by atoms with E-state index in [9.17, 15) is 0 Å². The van der Waals surface area contributed by atoms with Gasteiger partial charge in [0.1, 0.15) is 5.75 Å². The summed E-state index contributed by atoms with van der Waals surface area (Å²) < 4.78 is 5.60. The molecule has 1 aromatic rings. The molecule has 0 bridgehead atoms. The van der Waals surface area contributed by atoms with Crippen LogP contribution in [0, 0.1) is 0 Å². The number of hydrogen-bond acceptors (Lipinski definition) is 3. The average molecular weight is 220 g/mol. The quantitative estimate of drug-likeness (QED) is 0.750. The van der Waals surface area contributed by atoms with E-state index in [0.717, 1.165) is 17.9 Å². The van der Waals surface area contributed by atoms with E-state index >= 15 is 0 Å². The normalized spacial score (nSPS) is 16.9. The summed E-state index contributed by atoms with van der Waals surface area (Å²) in [6, 6.07) is 5.91. The minimum absolute atomic E-state index is 0.290. The zero-order chi connectivity index (χ0) is 11.6. The lowest BCUT2D eigenvalue weighted by Gasteiger charge is -2.15. The van der Waals surface area contributed by atoms with Crippen LogP contribution in [0.4, 0.5) is 11.4 Å². The second kappa shape index (κ2) is 4.24. The highest BCUT2D eigenvalue weighted by Crippen LogP contribution is 2.39. The molecule has 1 aromatic carbocycles. The molecule has 0 saturated heterocycles. The molecule has 1 aliphatic carbocycles. The van der Waals surface area contributed by atoms with E-state index < -0.39 is 0 Å². The fourth-order valence-corrected chi connectivity index (χ4v) is 1.61. The summed E-state index contributed by atoms with van der Waals surface area (Å²) in [6.07, 6.45) is 3.47. The van der Waals surface area contributed by atoms with Crippen LogP contribution in [0.2, 0.25) is 0 Å². The second-order valence-corrected chi connectivity index (χ2v) is 4.79. The first-order valence-electron chi connectivity index (χ1n) is 5.93. The highest BCUT2D eigenvalue weighted by Gasteiger charge is 2.37. The molecule has 0 spiro atoms. The Hall–Kier alpha value is -1.38. The van der Waals surface area contributed by atoms with E-state index in [1.54, 1.807) is 0 Å². The lowest BCUT2D eigenvalue weighted by molar-refractivity contribution is 0.319. The van der Waals surface area contributed by atoms with Crippen LogP contribution in [0.1, 0.15) is 33.1 Å². The van der Waals surface area contributed by atoms with E-state index in [-0.39, 0.29) is 5.54 Å². The largest absolute Gasteiger partial charge is 0.491 e. The zero-order valence-electron chi connectivity index (χ0n) is 10.0. The third-order valence-corrected chi connectivity index (χ3v) is 2.92. The van der Waals surface area contributed by atoms with Crippen molar-refractivity contribution in [2.24, 2.45) is 0 Å². The van der Waals surface area contributed by atoms with Crippen LogP contribution in [-0.4, -0.2) is 12.1 Å². The van der Waals surface area contributed by atoms with Crippen LogP contribution in [0.3, 0.4) is 0 Å².